The maximum atomic E-state index is 12.1. The lowest BCUT2D eigenvalue weighted by atomic mass is 9.78. The van der Waals surface area contributed by atoms with Crippen LogP contribution in [0.2, 0.25) is 0 Å². The van der Waals surface area contributed by atoms with E-state index in [0.717, 1.165) is 27.7 Å². The molecule has 1 saturated carbocycles. The number of hydrogen-bond acceptors (Lipinski definition) is 2. The number of nitrogens with one attached hydrogen (secondary N) is 1. The molecule has 92 valence electrons. The predicted octanol–water partition coefficient (Wildman–Crippen LogP) is 2.97. The van der Waals surface area contributed by atoms with Gasteiger partial charge in [-0.15, -0.1) is 0 Å². The summed E-state index contributed by atoms with van der Waals surface area (Å²) in [7, 11) is 1.63. The maximum absolute atomic E-state index is 12.1. The van der Waals surface area contributed by atoms with Crippen molar-refractivity contribution >= 4 is 28.5 Å². The Morgan fingerprint density at radius 1 is 1.47 bits per heavy atom. The monoisotopic (exact) mass is 345 g/mol. The molecule has 0 radical (unpaired) electrons. The molecule has 0 heterocycles. The van der Waals surface area contributed by atoms with Crippen LogP contribution in [0.5, 0.6) is 5.75 Å². The number of ether oxygens (including phenoxy) is 1. The van der Waals surface area contributed by atoms with E-state index in [-0.39, 0.29) is 11.4 Å². The zero-order valence-corrected chi connectivity index (χ0v) is 12.2. The van der Waals surface area contributed by atoms with Crippen LogP contribution in [0.3, 0.4) is 0 Å². The van der Waals surface area contributed by atoms with Gasteiger partial charge in [-0.3, -0.25) is 4.79 Å². The van der Waals surface area contributed by atoms with Gasteiger partial charge in [0.25, 0.3) is 5.91 Å². The summed E-state index contributed by atoms with van der Waals surface area (Å²) >= 11 is 2.17. The molecule has 0 saturated heterocycles. The number of halogens is 1. The van der Waals surface area contributed by atoms with Gasteiger partial charge in [-0.25, -0.2) is 0 Å². The minimum atomic E-state index is 0.0000903. The van der Waals surface area contributed by atoms with Crippen molar-refractivity contribution in [2.24, 2.45) is 0 Å². The van der Waals surface area contributed by atoms with E-state index in [1.165, 1.54) is 6.42 Å². The standard InChI is InChI=1S/C13H16INO2/c1-13(6-3-7-13)15-12(16)10-5-4-9(17-2)8-11(10)14/h4-5,8H,3,6-7H2,1-2H3,(H,15,16). The van der Waals surface area contributed by atoms with Gasteiger partial charge >= 0.3 is 0 Å². The Balaban J connectivity index is 2.13. The van der Waals surface area contributed by atoms with Crippen LogP contribution >= 0.6 is 22.6 Å². The zero-order chi connectivity index (χ0) is 12.5. The van der Waals surface area contributed by atoms with Crippen molar-refractivity contribution in [2.75, 3.05) is 7.11 Å². The summed E-state index contributed by atoms with van der Waals surface area (Å²) in [5, 5.41) is 3.10. The minimum Gasteiger partial charge on any atom is -0.497 e. The highest BCUT2D eigenvalue weighted by atomic mass is 127. The number of methoxy groups -OCH3 is 1. The van der Waals surface area contributed by atoms with Gasteiger partial charge in [0, 0.05) is 9.11 Å². The Morgan fingerprint density at radius 3 is 2.65 bits per heavy atom. The van der Waals surface area contributed by atoms with E-state index >= 15 is 0 Å². The van der Waals surface area contributed by atoms with Crippen LogP contribution in [0.4, 0.5) is 0 Å². The lowest BCUT2D eigenvalue weighted by molar-refractivity contribution is 0.0849. The molecule has 1 aliphatic rings. The van der Waals surface area contributed by atoms with E-state index in [9.17, 15) is 4.79 Å². The second kappa shape index (κ2) is 4.84. The average Bonchev–Trinajstić information content (AvgIpc) is 2.26. The highest BCUT2D eigenvalue weighted by Crippen LogP contribution is 2.31. The summed E-state index contributed by atoms with van der Waals surface area (Å²) in [6.07, 6.45) is 3.35. The van der Waals surface area contributed by atoms with Gasteiger partial charge in [-0.05, 0) is 67.0 Å². The molecule has 1 aliphatic carbocycles. The molecular formula is C13H16INO2. The van der Waals surface area contributed by atoms with Gasteiger partial charge in [0.1, 0.15) is 5.75 Å². The van der Waals surface area contributed by atoms with Crippen LogP contribution in [0.15, 0.2) is 18.2 Å². The molecule has 1 amide bonds. The van der Waals surface area contributed by atoms with Gasteiger partial charge in [0.2, 0.25) is 0 Å². The number of carbonyl (C=O) groups excluding carboxylic acids is 1. The maximum Gasteiger partial charge on any atom is 0.252 e. The molecule has 0 aliphatic heterocycles. The first kappa shape index (κ1) is 12.7. The van der Waals surface area contributed by atoms with Gasteiger partial charge in [0.15, 0.2) is 0 Å². The third-order valence-electron chi connectivity index (χ3n) is 3.29. The van der Waals surface area contributed by atoms with E-state index in [1.54, 1.807) is 7.11 Å². The highest BCUT2D eigenvalue weighted by molar-refractivity contribution is 14.1. The quantitative estimate of drug-likeness (QED) is 0.856. The smallest absolute Gasteiger partial charge is 0.252 e. The van der Waals surface area contributed by atoms with E-state index in [1.807, 2.05) is 18.2 Å². The fourth-order valence-corrected chi connectivity index (χ4v) is 2.71. The third kappa shape index (κ3) is 2.73. The number of benzene rings is 1. The first-order valence-corrected chi connectivity index (χ1v) is 6.78. The van der Waals surface area contributed by atoms with Gasteiger partial charge in [-0.2, -0.15) is 0 Å². The topological polar surface area (TPSA) is 38.3 Å². The molecule has 17 heavy (non-hydrogen) atoms. The van der Waals surface area contributed by atoms with Crippen LogP contribution in [0, 0.1) is 3.57 Å². The molecule has 4 heteroatoms. The van der Waals surface area contributed by atoms with Crippen molar-refractivity contribution in [3.63, 3.8) is 0 Å². The van der Waals surface area contributed by atoms with Crippen LogP contribution in [0.25, 0.3) is 0 Å². The molecule has 1 fully saturated rings. The van der Waals surface area contributed by atoms with Gasteiger partial charge in [-0.1, -0.05) is 0 Å². The van der Waals surface area contributed by atoms with E-state index in [0.29, 0.717) is 0 Å². The van der Waals surface area contributed by atoms with Crippen LogP contribution < -0.4 is 10.1 Å². The molecule has 2 rings (SSSR count). The summed E-state index contributed by atoms with van der Waals surface area (Å²) in [5.74, 6) is 0.792. The van der Waals surface area contributed by atoms with Gasteiger partial charge in [0.05, 0.1) is 12.7 Å². The van der Waals surface area contributed by atoms with Crippen LogP contribution in [0.1, 0.15) is 36.5 Å². The van der Waals surface area contributed by atoms with Crippen molar-refractivity contribution in [1.29, 1.82) is 0 Å². The molecule has 1 N–H and O–H groups in total. The predicted molar refractivity (Wildman–Crippen MR) is 75.4 cm³/mol. The molecular weight excluding hydrogens is 329 g/mol. The molecule has 0 spiro atoms. The molecule has 1 aromatic rings. The largest absolute Gasteiger partial charge is 0.497 e. The Labute approximate surface area is 115 Å². The molecule has 0 unspecified atom stereocenters. The fourth-order valence-electron chi connectivity index (χ4n) is 1.98. The van der Waals surface area contributed by atoms with Crippen molar-refractivity contribution in [3.05, 3.63) is 27.3 Å². The number of carbonyl (C=O) groups is 1. The van der Waals surface area contributed by atoms with E-state index in [4.69, 9.17) is 4.74 Å². The highest BCUT2D eigenvalue weighted by Gasteiger charge is 2.33. The number of amides is 1. The Kier molecular flexibility index (Phi) is 3.61. The molecule has 0 atom stereocenters. The Bertz CT molecular complexity index is 441. The molecule has 1 aromatic carbocycles. The molecule has 0 aromatic heterocycles. The minimum absolute atomic E-state index is 0.0000903. The van der Waals surface area contributed by atoms with Crippen LogP contribution in [-0.2, 0) is 0 Å². The summed E-state index contributed by atoms with van der Waals surface area (Å²) in [4.78, 5) is 12.1. The summed E-state index contributed by atoms with van der Waals surface area (Å²) in [6.45, 7) is 2.10. The van der Waals surface area contributed by atoms with Crippen LogP contribution in [-0.4, -0.2) is 18.6 Å². The van der Waals surface area contributed by atoms with Gasteiger partial charge < -0.3 is 10.1 Å². The second-order valence-corrected chi connectivity index (χ2v) is 5.88. The summed E-state index contributed by atoms with van der Waals surface area (Å²) in [6, 6.07) is 5.51. The van der Waals surface area contributed by atoms with E-state index in [2.05, 4.69) is 34.8 Å². The fraction of sp³-hybridized carbons (Fsp3) is 0.462. The summed E-state index contributed by atoms with van der Waals surface area (Å²) in [5.41, 5.74) is 0.722. The lowest BCUT2D eigenvalue weighted by Crippen LogP contribution is -2.51. The summed E-state index contributed by atoms with van der Waals surface area (Å²) < 4.78 is 6.05. The molecule has 0 bridgehead atoms. The zero-order valence-electron chi connectivity index (χ0n) is 10.0. The number of hydrogen-bond donors (Lipinski definition) is 1. The van der Waals surface area contributed by atoms with Crippen molar-refractivity contribution < 1.29 is 9.53 Å². The Hall–Kier alpha value is -0.780. The first-order valence-electron chi connectivity index (χ1n) is 5.70. The third-order valence-corrected chi connectivity index (χ3v) is 4.19. The lowest BCUT2D eigenvalue weighted by Gasteiger charge is -2.39. The number of rotatable bonds is 3. The SMILES string of the molecule is COc1ccc(C(=O)NC2(C)CCC2)c(I)c1. The first-order chi connectivity index (χ1) is 8.04. The second-order valence-electron chi connectivity index (χ2n) is 4.71. The Morgan fingerprint density at radius 2 is 2.18 bits per heavy atom. The molecule has 3 nitrogen and oxygen atoms in total. The van der Waals surface area contributed by atoms with Crippen molar-refractivity contribution in [3.8, 4) is 5.75 Å². The van der Waals surface area contributed by atoms with Crippen molar-refractivity contribution in [1.82, 2.24) is 5.32 Å². The normalized spacial score (nSPS) is 17.1. The van der Waals surface area contributed by atoms with E-state index < -0.39 is 0 Å². The average molecular weight is 345 g/mol. The van der Waals surface area contributed by atoms with Crippen molar-refractivity contribution in [2.45, 2.75) is 31.7 Å².